The van der Waals surface area contributed by atoms with Crippen LogP contribution in [0.1, 0.15) is 35.8 Å². The van der Waals surface area contributed by atoms with Crippen molar-refractivity contribution in [2.24, 2.45) is 0 Å². The van der Waals surface area contributed by atoms with Gasteiger partial charge in [-0.05, 0) is 37.6 Å². The summed E-state index contributed by atoms with van der Waals surface area (Å²) in [5, 5.41) is 3.24. The number of hydrogen-bond acceptors (Lipinski definition) is 4. The summed E-state index contributed by atoms with van der Waals surface area (Å²) in [7, 11) is 0. The van der Waals surface area contributed by atoms with E-state index < -0.39 is 29.6 Å². The molecular weight excluding hydrogens is 363 g/mol. The monoisotopic (exact) mass is 382 g/mol. The van der Waals surface area contributed by atoms with Crippen LogP contribution in [0, 0.1) is 5.82 Å². The number of halogens is 1. The van der Waals surface area contributed by atoms with Gasteiger partial charge in [0.2, 0.25) is 5.56 Å². The van der Waals surface area contributed by atoms with Crippen LogP contribution in [0.4, 0.5) is 4.39 Å². The molecule has 28 heavy (non-hydrogen) atoms. The zero-order valence-electron chi connectivity index (χ0n) is 15.4. The zero-order chi connectivity index (χ0) is 20.3. The number of aromatic nitrogens is 1. The largest absolute Gasteiger partial charge is 0.449 e. The second-order valence-electron chi connectivity index (χ2n) is 6.42. The van der Waals surface area contributed by atoms with Crippen molar-refractivity contribution in [2.75, 3.05) is 0 Å². The Bertz CT molecular complexity index is 1080. The molecule has 0 aliphatic carbocycles. The first kappa shape index (κ1) is 19.3. The number of hydrogen-bond donors (Lipinski definition) is 2. The molecule has 0 radical (unpaired) electrons. The Kier molecular flexibility index (Phi) is 5.54. The minimum atomic E-state index is -1.08. The molecule has 0 spiro atoms. The van der Waals surface area contributed by atoms with Crippen molar-refractivity contribution in [1.82, 2.24) is 10.3 Å². The van der Waals surface area contributed by atoms with Gasteiger partial charge in [-0.15, -0.1) is 0 Å². The molecule has 0 aliphatic rings. The molecule has 0 unspecified atom stereocenters. The maximum atomic E-state index is 13.0. The highest BCUT2D eigenvalue weighted by molar-refractivity contribution is 6.03. The Morgan fingerprint density at radius 3 is 2.46 bits per heavy atom. The molecule has 6 nitrogen and oxygen atoms in total. The third-order valence-electron chi connectivity index (χ3n) is 4.35. The summed E-state index contributed by atoms with van der Waals surface area (Å²) in [5.74, 6) is -1.63. The molecule has 0 aliphatic heterocycles. The molecule has 2 N–H and O–H groups in total. The fourth-order valence-corrected chi connectivity index (χ4v) is 2.82. The third-order valence-corrected chi connectivity index (χ3v) is 4.35. The van der Waals surface area contributed by atoms with Gasteiger partial charge >= 0.3 is 5.97 Å². The maximum absolute atomic E-state index is 13.0. The smallest absolute Gasteiger partial charge is 0.339 e. The molecule has 0 saturated carbocycles. The normalized spacial score (nSPS) is 13.0. The lowest BCUT2D eigenvalue weighted by Gasteiger charge is -2.18. The van der Waals surface area contributed by atoms with Crippen molar-refractivity contribution in [3.8, 4) is 0 Å². The van der Waals surface area contributed by atoms with Crippen LogP contribution in [0.5, 0.6) is 0 Å². The quantitative estimate of drug-likeness (QED) is 0.664. The summed E-state index contributed by atoms with van der Waals surface area (Å²) in [6, 6.07) is 13.3. The first-order valence-electron chi connectivity index (χ1n) is 8.74. The number of pyridine rings is 1. The van der Waals surface area contributed by atoms with E-state index in [4.69, 9.17) is 4.74 Å². The van der Waals surface area contributed by atoms with Crippen molar-refractivity contribution >= 4 is 22.8 Å². The van der Waals surface area contributed by atoms with Gasteiger partial charge in [-0.3, -0.25) is 9.59 Å². The van der Waals surface area contributed by atoms with E-state index in [9.17, 15) is 18.8 Å². The number of rotatable bonds is 5. The number of carbonyl (C=O) groups is 2. The maximum Gasteiger partial charge on any atom is 0.339 e. The molecule has 2 atom stereocenters. The van der Waals surface area contributed by atoms with Gasteiger partial charge in [-0.2, -0.15) is 0 Å². The van der Waals surface area contributed by atoms with Crippen LogP contribution in [-0.4, -0.2) is 23.0 Å². The van der Waals surface area contributed by atoms with Crippen LogP contribution >= 0.6 is 0 Å². The standard InChI is InChI=1S/C21H19FN2O4/c1-12(14-7-9-15(22)10-8-14)23-20(26)13(2)28-21(27)17-11-19(25)24-18-6-4-3-5-16(17)18/h3-13H,1-2H3,(H,23,26)(H,24,25)/t12-,13+/m1/s1. The van der Waals surface area contributed by atoms with E-state index in [2.05, 4.69) is 10.3 Å². The highest BCUT2D eigenvalue weighted by atomic mass is 19.1. The van der Waals surface area contributed by atoms with Crippen molar-refractivity contribution in [2.45, 2.75) is 26.0 Å². The Balaban J connectivity index is 1.71. The summed E-state index contributed by atoms with van der Waals surface area (Å²) in [4.78, 5) is 39.3. The lowest BCUT2D eigenvalue weighted by atomic mass is 10.1. The number of amides is 1. The molecule has 2 aromatic carbocycles. The number of fused-ring (bicyclic) bond motifs is 1. The molecule has 7 heteroatoms. The van der Waals surface area contributed by atoms with E-state index in [1.54, 1.807) is 43.3 Å². The number of para-hydroxylation sites is 1. The molecular formula is C21H19FN2O4. The lowest BCUT2D eigenvalue weighted by Crippen LogP contribution is -2.37. The molecule has 3 aromatic rings. The summed E-state index contributed by atoms with van der Waals surface area (Å²) in [6.45, 7) is 3.18. The van der Waals surface area contributed by atoms with Crippen LogP contribution < -0.4 is 10.9 Å². The Morgan fingerprint density at radius 2 is 1.75 bits per heavy atom. The molecule has 1 aromatic heterocycles. The number of H-pyrrole nitrogens is 1. The number of carbonyl (C=O) groups excluding carboxylic acids is 2. The van der Waals surface area contributed by atoms with Crippen molar-refractivity contribution < 1.29 is 18.7 Å². The SMILES string of the molecule is C[C@H](OC(=O)c1cc(=O)[nH]c2ccccc12)C(=O)N[C@H](C)c1ccc(F)cc1. The van der Waals surface area contributed by atoms with Gasteiger partial charge in [-0.25, -0.2) is 9.18 Å². The van der Waals surface area contributed by atoms with Gasteiger partial charge in [0.05, 0.1) is 11.6 Å². The number of ether oxygens (including phenoxy) is 1. The van der Waals surface area contributed by atoms with E-state index in [1.807, 2.05) is 0 Å². The Labute approximate surface area is 160 Å². The van der Waals surface area contributed by atoms with Crippen LogP contribution in [0.2, 0.25) is 0 Å². The fourth-order valence-electron chi connectivity index (χ4n) is 2.82. The number of aromatic amines is 1. The van der Waals surface area contributed by atoms with Crippen LogP contribution in [0.3, 0.4) is 0 Å². The van der Waals surface area contributed by atoms with Gasteiger partial charge in [0.25, 0.3) is 5.91 Å². The van der Waals surface area contributed by atoms with E-state index in [0.717, 1.165) is 6.07 Å². The van der Waals surface area contributed by atoms with Gasteiger partial charge in [0.1, 0.15) is 5.82 Å². The molecule has 0 bridgehead atoms. The summed E-state index contributed by atoms with van der Waals surface area (Å²) in [6.07, 6.45) is -1.08. The fraction of sp³-hybridized carbons (Fsp3) is 0.190. The minimum absolute atomic E-state index is 0.0885. The summed E-state index contributed by atoms with van der Waals surface area (Å²) >= 11 is 0. The predicted octanol–water partition coefficient (Wildman–Crippen LogP) is 3.09. The van der Waals surface area contributed by atoms with E-state index in [-0.39, 0.29) is 11.4 Å². The van der Waals surface area contributed by atoms with Gasteiger partial charge in [0, 0.05) is 17.0 Å². The third kappa shape index (κ3) is 4.25. The first-order chi connectivity index (χ1) is 13.3. The molecule has 0 fully saturated rings. The molecule has 1 heterocycles. The highest BCUT2D eigenvalue weighted by Crippen LogP contribution is 2.17. The van der Waals surface area contributed by atoms with Crippen LogP contribution in [-0.2, 0) is 9.53 Å². The average molecular weight is 382 g/mol. The second-order valence-corrected chi connectivity index (χ2v) is 6.42. The number of esters is 1. The zero-order valence-corrected chi connectivity index (χ0v) is 15.4. The molecule has 3 rings (SSSR count). The number of nitrogens with one attached hydrogen (secondary N) is 2. The Morgan fingerprint density at radius 1 is 1.07 bits per heavy atom. The van der Waals surface area contributed by atoms with E-state index in [1.165, 1.54) is 19.1 Å². The molecule has 0 saturated heterocycles. The van der Waals surface area contributed by atoms with Crippen molar-refractivity contribution in [3.63, 3.8) is 0 Å². The van der Waals surface area contributed by atoms with Gasteiger partial charge in [0.15, 0.2) is 6.10 Å². The molecule has 144 valence electrons. The first-order valence-corrected chi connectivity index (χ1v) is 8.74. The van der Waals surface area contributed by atoms with Gasteiger partial charge < -0.3 is 15.0 Å². The van der Waals surface area contributed by atoms with Crippen LogP contribution in [0.15, 0.2) is 59.4 Å². The minimum Gasteiger partial charge on any atom is -0.449 e. The average Bonchev–Trinajstić information content (AvgIpc) is 2.67. The molecule has 1 amide bonds. The topological polar surface area (TPSA) is 88.3 Å². The van der Waals surface area contributed by atoms with Crippen molar-refractivity contribution in [1.29, 1.82) is 0 Å². The summed E-state index contributed by atoms with van der Waals surface area (Å²) in [5.41, 5.74) is 0.871. The van der Waals surface area contributed by atoms with Gasteiger partial charge in [-0.1, -0.05) is 30.3 Å². The summed E-state index contributed by atoms with van der Waals surface area (Å²) < 4.78 is 18.3. The number of benzene rings is 2. The van der Waals surface area contributed by atoms with Crippen molar-refractivity contribution in [3.05, 3.63) is 81.9 Å². The lowest BCUT2D eigenvalue weighted by molar-refractivity contribution is -0.129. The second kappa shape index (κ2) is 8.04. The van der Waals surface area contributed by atoms with E-state index in [0.29, 0.717) is 16.5 Å². The van der Waals surface area contributed by atoms with Crippen LogP contribution in [0.25, 0.3) is 10.9 Å². The van der Waals surface area contributed by atoms with E-state index >= 15 is 0 Å². The predicted molar refractivity (Wildman–Crippen MR) is 102 cm³/mol. The Hall–Kier alpha value is -3.48. The highest BCUT2D eigenvalue weighted by Gasteiger charge is 2.22.